The molecule has 1 atom stereocenters. The van der Waals surface area contributed by atoms with Crippen LogP contribution >= 0.6 is 0 Å². The van der Waals surface area contributed by atoms with Crippen molar-refractivity contribution in [3.8, 4) is 0 Å². The van der Waals surface area contributed by atoms with E-state index in [-0.39, 0.29) is 27.3 Å². The number of methoxy groups -OCH3 is 2. The summed E-state index contributed by atoms with van der Waals surface area (Å²) in [6.07, 6.45) is 0. The molecule has 0 amide bonds. The Hall–Kier alpha value is -3.09. The van der Waals surface area contributed by atoms with Crippen molar-refractivity contribution < 1.29 is 23.5 Å². The fourth-order valence-electron chi connectivity index (χ4n) is 3.21. The molecule has 0 radical (unpaired) electrons. The number of rotatable bonds is 3. The van der Waals surface area contributed by atoms with Crippen LogP contribution in [-0.4, -0.2) is 31.7 Å². The maximum atomic E-state index is 13.2. The Bertz CT molecular complexity index is 1120. The van der Waals surface area contributed by atoms with E-state index in [1.165, 1.54) is 14.2 Å². The number of hydrogen-bond donors (Lipinski definition) is 1. The molecule has 142 valence electrons. The van der Waals surface area contributed by atoms with Crippen LogP contribution in [0.25, 0.3) is 22.2 Å². The number of esters is 2. The van der Waals surface area contributed by atoms with Gasteiger partial charge in [-0.15, -0.1) is 0 Å². The number of nitrogens with one attached hydrogen (secondary N) is 1. The summed E-state index contributed by atoms with van der Waals surface area (Å²) in [6, 6.07) is 6.72. The fourth-order valence-corrected chi connectivity index (χ4v) is 3.21. The molecule has 0 fully saturated rings. The summed E-state index contributed by atoms with van der Waals surface area (Å²) < 4.78 is 15.6. The minimum Gasteiger partial charge on any atom is -0.468 e. The number of benzene rings is 1. The Morgan fingerprint density at radius 3 is 2.37 bits per heavy atom. The molecule has 0 aliphatic heterocycles. The van der Waals surface area contributed by atoms with Gasteiger partial charge in [0.05, 0.1) is 24.8 Å². The molecule has 1 N–H and O–H groups in total. The van der Waals surface area contributed by atoms with Crippen LogP contribution in [0.1, 0.15) is 20.8 Å². The quantitative estimate of drug-likeness (QED) is 0.781. The van der Waals surface area contributed by atoms with Crippen LogP contribution in [-0.2, 0) is 19.1 Å². The number of ether oxygens (including phenoxy) is 2. The minimum absolute atomic E-state index is 0.0349. The molecule has 1 aromatic carbocycles. The van der Waals surface area contributed by atoms with Crippen molar-refractivity contribution in [3.63, 3.8) is 0 Å². The van der Waals surface area contributed by atoms with Gasteiger partial charge in [0.1, 0.15) is 17.1 Å². The average Bonchev–Trinajstić information content (AvgIpc) is 2.93. The highest BCUT2D eigenvalue weighted by Gasteiger charge is 2.41. The maximum absolute atomic E-state index is 13.2. The second kappa shape index (κ2) is 6.57. The molecule has 1 aliphatic rings. The van der Waals surface area contributed by atoms with E-state index in [1.807, 2.05) is 20.8 Å². The van der Waals surface area contributed by atoms with Gasteiger partial charge in [-0.05, 0) is 32.9 Å². The second-order valence-corrected chi connectivity index (χ2v) is 7.28. The molecule has 0 saturated heterocycles. The van der Waals surface area contributed by atoms with Crippen molar-refractivity contribution in [1.82, 2.24) is 5.32 Å². The lowest BCUT2D eigenvalue weighted by molar-refractivity contribution is -0.144. The zero-order valence-electron chi connectivity index (χ0n) is 15.8. The molecule has 27 heavy (non-hydrogen) atoms. The summed E-state index contributed by atoms with van der Waals surface area (Å²) >= 11 is 0. The van der Waals surface area contributed by atoms with Crippen LogP contribution in [0.15, 0.2) is 33.5 Å². The van der Waals surface area contributed by atoms with E-state index in [0.29, 0.717) is 11.0 Å². The van der Waals surface area contributed by atoms with Gasteiger partial charge < -0.3 is 19.2 Å². The largest absolute Gasteiger partial charge is 0.468 e. The van der Waals surface area contributed by atoms with E-state index >= 15 is 0 Å². The zero-order valence-corrected chi connectivity index (χ0v) is 15.8. The highest BCUT2D eigenvalue weighted by molar-refractivity contribution is 6.19. The van der Waals surface area contributed by atoms with E-state index in [0.717, 1.165) is 0 Å². The Morgan fingerprint density at radius 1 is 1.11 bits per heavy atom. The highest BCUT2D eigenvalue weighted by atomic mass is 16.5. The van der Waals surface area contributed by atoms with Gasteiger partial charge in [-0.25, -0.2) is 4.79 Å². The first-order valence-corrected chi connectivity index (χ1v) is 8.44. The van der Waals surface area contributed by atoms with Crippen LogP contribution < -0.4 is 21.4 Å². The van der Waals surface area contributed by atoms with Crippen molar-refractivity contribution >= 4 is 34.2 Å². The molecule has 0 spiro atoms. The van der Waals surface area contributed by atoms with Crippen molar-refractivity contribution in [2.75, 3.05) is 14.2 Å². The fraction of sp³-hybridized carbons (Fsp3) is 0.350. The lowest BCUT2D eigenvalue weighted by atomic mass is 9.97. The van der Waals surface area contributed by atoms with Crippen LogP contribution in [0.5, 0.6) is 0 Å². The first kappa shape index (κ1) is 18.7. The third kappa shape index (κ3) is 3.09. The smallest absolute Gasteiger partial charge is 0.338 e. The Morgan fingerprint density at radius 2 is 1.78 bits per heavy atom. The van der Waals surface area contributed by atoms with E-state index in [1.54, 1.807) is 24.3 Å². The predicted octanol–water partition coefficient (Wildman–Crippen LogP) is 0.416. The molecule has 7 heteroatoms. The summed E-state index contributed by atoms with van der Waals surface area (Å²) in [5.74, 6) is -2.57. The number of carbonyl (C=O) groups excluding carboxylic acids is 2. The van der Waals surface area contributed by atoms with Crippen LogP contribution in [0.3, 0.4) is 0 Å². The molecule has 1 unspecified atom stereocenters. The molecule has 1 aliphatic carbocycles. The Balaban J connectivity index is 2.55. The van der Waals surface area contributed by atoms with Crippen LogP contribution in [0.2, 0.25) is 0 Å². The van der Waals surface area contributed by atoms with Crippen molar-refractivity contribution in [1.29, 1.82) is 0 Å². The molecule has 0 bridgehead atoms. The molecular weight excluding hydrogens is 350 g/mol. The van der Waals surface area contributed by atoms with Gasteiger partial charge in [-0.3, -0.25) is 9.59 Å². The standard InChI is InChI=1S/C20H21NO6/c1-20(2,3)21-15-12(18(23)25-4)13(19(24)26-5)17-14(15)16(22)10-8-6-7-9-11(10)27-17/h6-9,12,21H,1-5H3. The number of fused-ring (bicyclic) bond motifs is 2. The second-order valence-electron chi connectivity index (χ2n) is 7.28. The van der Waals surface area contributed by atoms with Gasteiger partial charge >= 0.3 is 11.9 Å². The number of carbonyl (C=O) groups is 2. The third-order valence-electron chi connectivity index (χ3n) is 4.24. The van der Waals surface area contributed by atoms with E-state index in [9.17, 15) is 14.4 Å². The minimum atomic E-state index is -1.13. The molecule has 2 aromatic rings. The van der Waals surface area contributed by atoms with Crippen molar-refractivity contribution in [2.24, 2.45) is 5.92 Å². The lowest BCUT2D eigenvalue weighted by Gasteiger charge is -2.26. The molecule has 3 rings (SSSR count). The Kier molecular flexibility index (Phi) is 4.55. The predicted molar refractivity (Wildman–Crippen MR) is 99.0 cm³/mol. The summed E-state index contributed by atoms with van der Waals surface area (Å²) in [4.78, 5) is 38.2. The van der Waals surface area contributed by atoms with E-state index in [2.05, 4.69) is 5.32 Å². The summed E-state index contributed by atoms with van der Waals surface area (Å²) in [7, 11) is 2.43. The van der Waals surface area contributed by atoms with Gasteiger partial charge in [-0.1, -0.05) is 12.1 Å². The van der Waals surface area contributed by atoms with Crippen molar-refractivity contribution in [3.05, 3.63) is 45.1 Å². The average molecular weight is 371 g/mol. The maximum Gasteiger partial charge on any atom is 0.338 e. The van der Waals surface area contributed by atoms with Crippen LogP contribution in [0, 0.1) is 5.92 Å². The third-order valence-corrected chi connectivity index (χ3v) is 4.24. The van der Waals surface area contributed by atoms with Crippen molar-refractivity contribution in [2.45, 2.75) is 26.3 Å². The first-order chi connectivity index (χ1) is 12.7. The van der Waals surface area contributed by atoms with Gasteiger partial charge in [0.2, 0.25) is 5.43 Å². The number of para-hydroxylation sites is 1. The highest BCUT2D eigenvalue weighted by Crippen LogP contribution is 2.26. The molecule has 1 heterocycles. The van der Waals surface area contributed by atoms with E-state index in [4.69, 9.17) is 13.9 Å². The molecular formula is C20H21NO6. The summed E-state index contributed by atoms with van der Waals surface area (Å²) in [5.41, 5.74) is -0.219. The topological polar surface area (TPSA) is 94.8 Å². The lowest BCUT2D eigenvalue weighted by Crippen LogP contribution is -2.45. The monoisotopic (exact) mass is 371 g/mol. The molecule has 7 nitrogen and oxygen atoms in total. The summed E-state index contributed by atoms with van der Waals surface area (Å²) in [5, 5.41) is 3.69. The van der Waals surface area contributed by atoms with E-state index < -0.39 is 23.4 Å². The van der Waals surface area contributed by atoms with Gasteiger partial charge in [0.15, 0.2) is 5.42 Å². The molecule has 1 aromatic heterocycles. The van der Waals surface area contributed by atoms with Gasteiger partial charge in [-0.2, -0.15) is 0 Å². The van der Waals surface area contributed by atoms with Crippen LogP contribution in [0.4, 0.5) is 0 Å². The summed E-state index contributed by atoms with van der Waals surface area (Å²) in [6.45, 7) is 5.65. The first-order valence-electron chi connectivity index (χ1n) is 8.44. The van der Waals surface area contributed by atoms with Gasteiger partial charge in [0.25, 0.3) is 0 Å². The molecule has 0 saturated carbocycles. The van der Waals surface area contributed by atoms with Gasteiger partial charge in [0, 0.05) is 11.2 Å². The SMILES string of the molecule is COC(=O)C1=c2oc3ccccc3c(=O)c2=C(NC(C)(C)C)C1C(=O)OC. The Labute approximate surface area is 155 Å². The number of hydrogen-bond acceptors (Lipinski definition) is 7. The normalized spacial score (nSPS) is 16.3. The zero-order chi connectivity index (χ0) is 19.9.